The molecule has 0 fully saturated rings. The average molecular weight is 245 g/mol. The number of aliphatic hydroxyl groups is 1. The van der Waals surface area contributed by atoms with E-state index in [9.17, 15) is 14.5 Å². The van der Waals surface area contributed by atoms with E-state index in [1.54, 1.807) is 0 Å². The van der Waals surface area contributed by atoms with E-state index < -0.39 is 10.7 Å². The van der Waals surface area contributed by atoms with Crippen LogP contribution >= 0.6 is 11.8 Å². The zero-order valence-electron chi connectivity index (χ0n) is 8.72. The molecule has 16 heavy (non-hydrogen) atoms. The number of aliphatic hydroxyl groups excluding tert-OH is 1. The van der Waals surface area contributed by atoms with Crippen LogP contribution in [0.25, 0.3) is 0 Å². The highest BCUT2D eigenvalue weighted by atomic mass is 32.2. The Bertz CT molecular complexity index is 386. The van der Waals surface area contributed by atoms with Crippen molar-refractivity contribution in [2.45, 2.75) is 11.8 Å². The number of thioether (sulfide) groups is 1. The van der Waals surface area contributed by atoms with Crippen molar-refractivity contribution < 1.29 is 14.4 Å². The van der Waals surface area contributed by atoms with Crippen molar-refractivity contribution in [2.75, 3.05) is 12.4 Å². The minimum atomic E-state index is -0.536. The molecule has 1 aromatic rings. The smallest absolute Gasteiger partial charge is 0.283 e. The number of nitro benzene ring substituents is 1. The third kappa shape index (κ3) is 3.46. The fraction of sp³-hybridized carbons (Fsp3) is 0.400. The Kier molecular flexibility index (Phi) is 4.70. The predicted octanol–water partition coefficient (Wildman–Crippen LogP) is 2.45. The molecule has 0 aromatic heterocycles. The Morgan fingerprint density at radius 1 is 1.62 bits per heavy atom. The molecule has 1 N–H and O–H groups in total. The van der Waals surface area contributed by atoms with Gasteiger partial charge < -0.3 is 5.11 Å². The van der Waals surface area contributed by atoms with E-state index in [1.807, 2.05) is 6.92 Å². The number of nitro groups is 1. The maximum absolute atomic E-state index is 12.9. The number of nitrogens with zero attached hydrogens (tertiary/aromatic N) is 1. The quantitative estimate of drug-likeness (QED) is 0.491. The van der Waals surface area contributed by atoms with Crippen LogP contribution in [-0.4, -0.2) is 22.4 Å². The van der Waals surface area contributed by atoms with Gasteiger partial charge in [0.2, 0.25) is 0 Å². The third-order valence-electron chi connectivity index (χ3n) is 1.95. The summed E-state index contributed by atoms with van der Waals surface area (Å²) in [6.07, 6.45) is 0. The minimum absolute atomic E-state index is 0.0100. The molecule has 1 unspecified atom stereocenters. The lowest BCUT2D eigenvalue weighted by atomic mass is 10.2. The summed E-state index contributed by atoms with van der Waals surface area (Å²) in [5, 5.41) is 19.5. The van der Waals surface area contributed by atoms with Gasteiger partial charge in [-0.15, -0.1) is 11.8 Å². The van der Waals surface area contributed by atoms with Gasteiger partial charge in [-0.3, -0.25) is 10.1 Å². The maximum Gasteiger partial charge on any atom is 0.283 e. The molecule has 0 saturated carbocycles. The highest BCUT2D eigenvalue weighted by molar-refractivity contribution is 7.99. The molecule has 0 heterocycles. The summed E-state index contributed by atoms with van der Waals surface area (Å²) in [5.74, 6) is 0.0403. The second kappa shape index (κ2) is 5.81. The van der Waals surface area contributed by atoms with Gasteiger partial charge in [0.15, 0.2) is 0 Å². The molecule has 6 heteroatoms. The van der Waals surface area contributed by atoms with Crippen molar-refractivity contribution >= 4 is 17.4 Å². The first-order chi connectivity index (χ1) is 7.54. The van der Waals surface area contributed by atoms with E-state index in [2.05, 4.69) is 0 Å². The van der Waals surface area contributed by atoms with Crippen LogP contribution in [-0.2, 0) is 0 Å². The topological polar surface area (TPSA) is 63.4 Å². The Morgan fingerprint density at radius 2 is 2.31 bits per heavy atom. The van der Waals surface area contributed by atoms with Gasteiger partial charge in [-0.1, -0.05) is 6.92 Å². The molecule has 0 amide bonds. The Hall–Kier alpha value is -1.14. The molecular formula is C10H12FNO3S. The summed E-state index contributed by atoms with van der Waals surface area (Å²) >= 11 is 1.18. The number of benzene rings is 1. The summed E-state index contributed by atoms with van der Waals surface area (Å²) in [6.45, 7) is 1.83. The van der Waals surface area contributed by atoms with Crippen molar-refractivity contribution in [1.29, 1.82) is 0 Å². The fourth-order valence-corrected chi connectivity index (χ4v) is 2.10. The van der Waals surface area contributed by atoms with E-state index >= 15 is 0 Å². The van der Waals surface area contributed by atoms with E-state index in [0.717, 1.165) is 18.2 Å². The zero-order chi connectivity index (χ0) is 12.1. The van der Waals surface area contributed by atoms with Crippen LogP contribution in [0.1, 0.15) is 6.92 Å². The van der Waals surface area contributed by atoms with Crippen molar-refractivity contribution in [3.63, 3.8) is 0 Å². The van der Waals surface area contributed by atoms with E-state index in [4.69, 9.17) is 5.11 Å². The molecule has 0 radical (unpaired) electrons. The highest BCUT2D eigenvalue weighted by Gasteiger charge is 2.15. The largest absolute Gasteiger partial charge is 0.396 e. The molecule has 88 valence electrons. The standard InChI is InChI=1S/C10H12FNO3S/c1-7(5-13)6-16-10-4-8(11)2-3-9(10)12(14)15/h2-4,7,13H,5-6H2,1H3. The van der Waals surface area contributed by atoms with Gasteiger partial charge in [-0.25, -0.2) is 4.39 Å². The summed E-state index contributed by atoms with van der Waals surface area (Å²) in [5.41, 5.74) is -0.100. The van der Waals surface area contributed by atoms with Gasteiger partial charge in [0.1, 0.15) is 5.82 Å². The molecule has 1 atom stereocenters. The van der Waals surface area contributed by atoms with Crippen LogP contribution in [0.2, 0.25) is 0 Å². The molecule has 0 bridgehead atoms. The van der Waals surface area contributed by atoms with Crippen LogP contribution in [0.4, 0.5) is 10.1 Å². The normalized spacial score (nSPS) is 12.4. The van der Waals surface area contributed by atoms with E-state index in [1.165, 1.54) is 11.8 Å². The van der Waals surface area contributed by atoms with Crippen molar-refractivity contribution in [2.24, 2.45) is 5.92 Å². The molecule has 0 aliphatic heterocycles. The van der Waals surface area contributed by atoms with Crippen molar-refractivity contribution in [1.82, 2.24) is 0 Å². The first-order valence-electron chi connectivity index (χ1n) is 4.72. The third-order valence-corrected chi connectivity index (χ3v) is 3.33. The van der Waals surface area contributed by atoms with E-state index in [-0.39, 0.29) is 18.2 Å². The number of hydrogen-bond acceptors (Lipinski definition) is 4. The summed E-state index contributed by atoms with van der Waals surface area (Å²) in [4.78, 5) is 10.4. The van der Waals surface area contributed by atoms with Gasteiger partial charge in [-0.05, 0) is 18.1 Å². The number of hydrogen-bond donors (Lipinski definition) is 1. The number of halogens is 1. The highest BCUT2D eigenvalue weighted by Crippen LogP contribution is 2.30. The van der Waals surface area contributed by atoms with Gasteiger partial charge in [0.05, 0.1) is 9.82 Å². The van der Waals surface area contributed by atoms with Gasteiger partial charge in [0, 0.05) is 18.4 Å². The Balaban J connectivity index is 2.84. The predicted molar refractivity (Wildman–Crippen MR) is 60.0 cm³/mol. The molecule has 1 rings (SSSR count). The summed E-state index contributed by atoms with van der Waals surface area (Å²) < 4.78 is 12.9. The lowest BCUT2D eigenvalue weighted by Gasteiger charge is -2.07. The van der Waals surface area contributed by atoms with Crippen LogP contribution in [0.5, 0.6) is 0 Å². The summed E-state index contributed by atoms with van der Waals surface area (Å²) in [6, 6.07) is 3.37. The first kappa shape index (κ1) is 12.9. The molecule has 0 aliphatic rings. The lowest BCUT2D eigenvalue weighted by Crippen LogP contribution is -2.03. The molecule has 1 aromatic carbocycles. The summed E-state index contributed by atoms with van der Waals surface area (Å²) in [7, 11) is 0. The van der Waals surface area contributed by atoms with Crippen LogP contribution < -0.4 is 0 Å². The Labute approximate surface area is 96.6 Å². The molecular weight excluding hydrogens is 233 g/mol. The van der Waals surface area contributed by atoms with Crippen LogP contribution in [0, 0.1) is 21.8 Å². The second-order valence-corrected chi connectivity index (χ2v) is 4.53. The first-order valence-corrected chi connectivity index (χ1v) is 5.70. The molecule has 0 spiro atoms. The average Bonchev–Trinajstić information content (AvgIpc) is 2.25. The van der Waals surface area contributed by atoms with Gasteiger partial charge in [0.25, 0.3) is 5.69 Å². The van der Waals surface area contributed by atoms with Gasteiger partial charge >= 0.3 is 0 Å². The zero-order valence-corrected chi connectivity index (χ0v) is 9.54. The maximum atomic E-state index is 12.9. The fourth-order valence-electron chi connectivity index (χ4n) is 1.04. The molecule has 0 aliphatic carbocycles. The second-order valence-electron chi connectivity index (χ2n) is 3.47. The van der Waals surface area contributed by atoms with Crippen molar-refractivity contribution in [3.8, 4) is 0 Å². The lowest BCUT2D eigenvalue weighted by molar-refractivity contribution is -0.387. The molecule has 4 nitrogen and oxygen atoms in total. The van der Waals surface area contributed by atoms with Crippen LogP contribution in [0.3, 0.4) is 0 Å². The van der Waals surface area contributed by atoms with E-state index in [0.29, 0.717) is 10.6 Å². The van der Waals surface area contributed by atoms with Gasteiger partial charge in [-0.2, -0.15) is 0 Å². The minimum Gasteiger partial charge on any atom is -0.396 e. The monoisotopic (exact) mass is 245 g/mol. The molecule has 0 saturated heterocycles. The van der Waals surface area contributed by atoms with Crippen LogP contribution in [0.15, 0.2) is 23.1 Å². The number of rotatable bonds is 5. The Morgan fingerprint density at radius 3 is 2.88 bits per heavy atom. The SMILES string of the molecule is CC(CO)CSc1cc(F)ccc1[N+](=O)[O-]. The van der Waals surface area contributed by atoms with Crippen molar-refractivity contribution in [3.05, 3.63) is 34.1 Å².